The van der Waals surface area contributed by atoms with Crippen LogP contribution < -0.4 is 5.32 Å². The fraction of sp³-hybridized carbons (Fsp3) is 0.733. The van der Waals surface area contributed by atoms with Crippen LogP contribution in [0.5, 0.6) is 0 Å². The quantitative estimate of drug-likeness (QED) is 0.806. The molecule has 1 N–H and O–H groups in total. The Morgan fingerprint density at radius 1 is 1.24 bits per heavy atom. The summed E-state index contributed by atoms with van der Waals surface area (Å²) in [6, 6.07) is 0. The summed E-state index contributed by atoms with van der Waals surface area (Å²) in [4.78, 5) is 14.5. The molecule has 1 aromatic rings. The smallest absolute Gasteiger partial charge is 0.248 e. The molecule has 2 fully saturated rings. The van der Waals surface area contributed by atoms with Crippen LogP contribution in [0.3, 0.4) is 0 Å². The number of aromatic nitrogens is 1. The van der Waals surface area contributed by atoms with E-state index in [1.807, 2.05) is 0 Å². The second kappa shape index (κ2) is 8.03. The first-order chi connectivity index (χ1) is 11.4. The third-order valence-electron chi connectivity index (χ3n) is 4.74. The zero-order valence-electron chi connectivity index (χ0n) is 14.5. The van der Waals surface area contributed by atoms with E-state index in [4.69, 9.17) is 4.52 Å². The highest BCUT2D eigenvalue weighted by atomic mass is 35.5. The van der Waals surface area contributed by atoms with Crippen molar-refractivity contribution in [3.63, 3.8) is 0 Å². The molecule has 0 saturated carbocycles. The zero-order chi connectivity index (χ0) is 17.3. The molecular weight excluding hydrogens is 368 g/mol. The highest BCUT2D eigenvalue weighted by molar-refractivity contribution is 7.89. The minimum absolute atomic E-state index is 0. The van der Waals surface area contributed by atoms with Crippen molar-refractivity contribution < 1.29 is 17.7 Å². The van der Waals surface area contributed by atoms with Gasteiger partial charge in [0.05, 0.1) is 5.92 Å². The average molecular weight is 393 g/mol. The number of rotatable bonds is 3. The molecule has 2 aliphatic rings. The lowest BCUT2D eigenvalue weighted by atomic mass is 10.1. The Kier molecular flexibility index (Phi) is 6.47. The van der Waals surface area contributed by atoms with E-state index in [0.717, 1.165) is 19.5 Å². The first kappa shape index (κ1) is 20.2. The Hall–Kier alpha value is -1.16. The summed E-state index contributed by atoms with van der Waals surface area (Å²) in [5.74, 6) is 0.467. The van der Waals surface area contributed by atoms with Gasteiger partial charge in [-0.2, -0.15) is 4.31 Å². The van der Waals surface area contributed by atoms with Crippen LogP contribution in [0.15, 0.2) is 9.42 Å². The van der Waals surface area contributed by atoms with Crippen LogP contribution in [0.2, 0.25) is 0 Å². The zero-order valence-corrected chi connectivity index (χ0v) is 16.2. The highest BCUT2D eigenvalue weighted by Gasteiger charge is 2.34. The van der Waals surface area contributed by atoms with Crippen LogP contribution in [-0.4, -0.2) is 68.0 Å². The third-order valence-corrected chi connectivity index (χ3v) is 6.89. The predicted molar refractivity (Wildman–Crippen MR) is 94.2 cm³/mol. The van der Waals surface area contributed by atoms with Crippen molar-refractivity contribution in [2.75, 3.05) is 39.3 Å². The van der Waals surface area contributed by atoms with Gasteiger partial charge < -0.3 is 14.7 Å². The monoisotopic (exact) mass is 392 g/mol. The highest BCUT2D eigenvalue weighted by Crippen LogP contribution is 2.24. The van der Waals surface area contributed by atoms with Gasteiger partial charge in [0, 0.05) is 32.7 Å². The molecule has 1 atom stereocenters. The third kappa shape index (κ3) is 3.99. The van der Waals surface area contributed by atoms with E-state index in [-0.39, 0.29) is 29.1 Å². The number of carbonyl (C=O) groups is 1. The van der Waals surface area contributed by atoms with Gasteiger partial charge >= 0.3 is 0 Å². The summed E-state index contributed by atoms with van der Waals surface area (Å²) in [6.45, 7) is 6.56. The van der Waals surface area contributed by atoms with Gasteiger partial charge in [0.15, 0.2) is 5.76 Å². The molecule has 142 valence electrons. The number of nitrogens with zero attached hydrogens (tertiary/aromatic N) is 3. The molecule has 0 spiro atoms. The summed E-state index contributed by atoms with van der Waals surface area (Å²) in [7, 11) is -3.64. The largest absolute Gasteiger partial charge is 0.360 e. The maximum Gasteiger partial charge on any atom is 0.248 e. The van der Waals surface area contributed by atoms with Crippen LogP contribution in [0.4, 0.5) is 0 Å². The van der Waals surface area contributed by atoms with E-state index in [0.29, 0.717) is 44.1 Å². The van der Waals surface area contributed by atoms with Crippen molar-refractivity contribution in [1.29, 1.82) is 0 Å². The van der Waals surface area contributed by atoms with E-state index >= 15 is 0 Å². The minimum Gasteiger partial charge on any atom is -0.360 e. The van der Waals surface area contributed by atoms with E-state index < -0.39 is 10.0 Å². The van der Waals surface area contributed by atoms with Crippen LogP contribution in [0, 0.1) is 19.8 Å². The summed E-state index contributed by atoms with van der Waals surface area (Å²) < 4.78 is 32.2. The lowest BCUT2D eigenvalue weighted by Gasteiger charge is -2.24. The number of halogens is 1. The van der Waals surface area contributed by atoms with Crippen LogP contribution in [0.25, 0.3) is 0 Å². The van der Waals surface area contributed by atoms with Gasteiger partial charge in [-0.1, -0.05) is 5.16 Å². The fourth-order valence-corrected chi connectivity index (χ4v) is 5.21. The second-order valence-electron chi connectivity index (χ2n) is 6.43. The van der Waals surface area contributed by atoms with Gasteiger partial charge in [0.25, 0.3) is 0 Å². The van der Waals surface area contributed by atoms with Gasteiger partial charge in [-0.25, -0.2) is 8.42 Å². The molecule has 10 heteroatoms. The first-order valence-electron chi connectivity index (χ1n) is 8.34. The second-order valence-corrected chi connectivity index (χ2v) is 8.30. The molecule has 8 nitrogen and oxygen atoms in total. The van der Waals surface area contributed by atoms with Crippen molar-refractivity contribution in [2.24, 2.45) is 5.92 Å². The van der Waals surface area contributed by atoms with Crippen molar-refractivity contribution in [3.05, 3.63) is 11.5 Å². The van der Waals surface area contributed by atoms with E-state index in [1.165, 1.54) is 4.31 Å². The number of hydrogen-bond acceptors (Lipinski definition) is 6. The molecule has 1 unspecified atom stereocenters. The number of sulfonamides is 1. The Labute approximate surface area is 154 Å². The lowest BCUT2D eigenvalue weighted by molar-refractivity contribution is -0.134. The number of aryl methyl sites for hydroxylation is 2. The van der Waals surface area contributed by atoms with Crippen molar-refractivity contribution in [3.8, 4) is 0 Å². The molecule has 25 heavy (non-hydrogen) atoms. The summed E-state index contributed by atoms with van der Waals surface area (Å²) >= 11 is 0. The van der Waals surface area contributed by atoms with E-state index in [2.05, 4.69) is 10.5 Å². The Morgan fingerprint density at radius 3 is 2.60 bits per heavy atom. The van der Waals surface area contributed by atoms with Gasteiger partial charge in [0.2, 0.25) is 15.9 Å². The molecule has 3 heterocycles. The molecule has 2 saturated heterocycles. The topological polar surface area (TPSA) is 95.8 Å². The van der Waals surface area contributed by atoms with Gasteiger partial charge in [0.1, 0.15) is 10.6 Å². The van der Waals surface area contributed by atoms with Crippen LogP contribution in [-0.2, 0) is 14.8 Å². The first-order valence-corrected chi connectivity index (χ1v) is 9.78. The Balaban J connectivity index is 0.00000225. The Bertz CT molecular complexity index is 696. The van der Waals surface area contributed by atoms with Gasteiger partial charge in [-0.15, -0.1) is 12.4 Å². The molecule has 1 amide bonds. The van der Waals surface area contributed by atoms with Crippen LogP contribution in [0.1, 0.15) is 24.3 Å². The van der Waals surface area contributed by atoms with E-state index in [1.54, 1.807) is 18.7 Å². The maximum absolute atomic E-state index is 12.9. The minimum atomic E-state index is -3.64. The van der Waals surface area contributed by atoms with Crippen molar-refractivity contribution in [1.82, 2.24) is 19.7 Å². The SMILES string of the molecule is Cc1noc(C)c1S(=O)(=O)N1CCCN(C(=O)C2CCNC2)CC1.Cl. The van der Waals surface area contributed by atoms with Crippen molar-refractivity contribution in [2.45, 2.75) is 31.6 Å². The molecule has 0 aromatic carbocycles. The fourth-order valence-electron chi connectivity index (χ4n) is 3.45. The van der Waals surface area contributed by atoms with Crippen LogP contribution >= 0.6 is 12.4 Å². The standard InChI is InChI=1S/C15H24N4O4S.ClH/c1-11-14(12(2)23-17-11)24(21,22)19-7-3-6-18(8-9-19)15(20)13-4-5-16-10-13;/h13,16H,3-10H2,1-2H3;1H. The summed E-state index contributed by atoms with van der Waals surface area (Å²) in [5.41, 5.74) is 0.377. The molecule has 1 aromatic heterocycles. The molecule has 0 aliphatic carbocycles. The molecule has 0 radical (unpaired) electrons. The van der Waals surface area contributed by atoms with Gasteiger partial charge in [-0.05, 0) is 33.2 Å². The number of hydrogen-bond donors (Lipinski definition) is 1. The Morgan fingerprint density at radius 2 is 2.00 bits per heavy atom. The maximum atomic E-state index is 12.9. The summed E-state index contributed by atoms with van der Waals surface area (Å²) in [5, 5.41) is 6.94. The normalized spacial score (nSPS) is 22.5. The van der Waals surface area contributed by atoms with Gasteiger partial charge in [-0.3, -0.25) is 4.79 Å². The molecular formula is C15H25ClN4O4S. The van der Waals surface area contributed by atoms with E-state index in [9.17, 15) is 13.2 Å². The summed E-state index contributed by atoms with van der Waals surface area (Å²) in [6.07, 6.45) is 1.49. The van der Waals surface area contributed by atoms with Crippen molar-refractivity contribution >= 4 is 28.3 Å². The molecule has 3 rings (SSSR count). The number of amides is 1. The lowest BCUT2D eigenvalue weighted by Crippen LogP contribution is -2.40. The molecule has 0 bridgehead atoms. The number of carbonyl (C=O) groups excluding carboxylic acids is 1. The molecule has 2 aliphatic heterocycles. The predicted octanol–water partition coefficient (Wildman–Crippen LogP) is 0.546. The number of nitrogens with one attached hydrogen (secondary N) is 1. The average Bonchev–Trinajstić information content (AvgIpc) is 3.10.